The van der Waals surface area contributed by atoms with Crippen molar-refractivity contribution in [3.05, 3.63) is 41.9 Å². The molecule has 23 heavy (non-hydrogen) atoms. The van der Waals surface area contributed by atoms with Crippen molar-refractivity contribution in [3.8, 4) is 0 Å². The van der Waals surface area contributed by atoms with Crippen LogP contribution in [-0.4, -0.2) is 29.8 Å². The van der Waals surface area contributed by atoms with Crippen LogP contribution in [0.2, 0.25) is 5.02 Å². The molecule has 0 spiro atoms. The summed E-state index contributed by atoms with van der Waals surface area (Å²) in [7, 11) is 0. The molecule has 0 amide bonds. The second-order valence-electron chi connectivity index (χ2n) is 6.67. The number of thiocarbonyl (C=S) groups is 1. The van der Waals surface area contributed by atoms with E-state index in [1.165, 1.54) is 32.1 Å². The molecule has 3 rings (SSSR count). The predicted molar refractivity (Wildman–Crippen MR) is 101 cm³/mol. The fraction of sp³-hybridized carbons (Fsp3) is 0.500. The lowest BCUT2D eigenvalue weighted by Gasteiger charge is -2.45. The smallest absolute Gasteiger partial charge is 0.171 e. The van der Waals surface area contributed by atoms with Crippen LogP contribution < -0.4 is 15.5 Å². The van der Waals surface area contributed by atoms with E-state index in [0.717, 1.165) is 29.3 Å². The number of rotatable bonds is 4. The molecular formula is C18H25ClN3S+. The molecule has 1 aromatic carbocycles. The van der Waals surface area contributed by atoms with Gasteiger partial charge in [0.1, 0.15) is 0 Å². The summed E-state index contributed by atoms with van der Waals surface area (Å²) in [4.78, 5) is 1.74. The Morgan fingerprint density at radius 2 is 1.91 bits per heavy atom. The highest BCUT2D eigenvalue weighted by molar-refractivity contribution is 7.80. The number of anilines is 1. The van der Waals surface area contributed by atoms with Crippen LogP contribution in [-0.2, 0) is 0 Å². The van der Waals surface area contributed by atoms with Crippen LogP contribution in [0, 0.1) is 0 Å². The number of fused-ring (bicyclic) bond motifs is 2. The van der Waals surface area contributed by atoms with Gasteiger partial charge in [0.2, 0.25) is 0 Å². The quantitative estimate of drug-likeness (QED) is 0.576. The zero-order chi connectivity index (χ0) is 16.2. The minimum Gasteiger partial charge on any atom is -0.359 e. The van der Waals surface area contributed by atoms with Crippen molar-refractivity contribution in [2.75, 3.05) is 11.9 Å². The first-order valence-corrected chi connectivity index (χ1v) is 9.24. The van der Waals surface area contributed by atoms with Gasteiger partial charge in [0.05, 0.1) is 18.6 Å². The van der Waals surface area contributed by atoms with Crippen LogP contribution in [0.5, 0.6) is 0 Å². The summed E-state index contributed by atoms with van der Waals surface area (Å²) < 4.78 is 0. The van der Waals surface area contributed by atoms with E-state index in [9.17, 15) is 0 Å². The van der Waals surface area contributed by atoms with Crippen molar-refractivity contribution in [1.29, 1.82) is 0 Å². The van der Waals surface area contributed by atoms with E-state index in [1.807, 2.05) is 24.3 Å². The number of quaternary nitrogens is 1. The summed E-state index contributed by atoms with van der Waals surface area (Å²) in [6, 6.07) is 9.60. The van der Waals surface area contributed by atoms with Gasteiger partial charge in [0, 0.05) is 29.6 Å². The van der Waals surface area contributed by atoms with E-state index in [-0.39, 0.29) is 0 Å². The number of hydrogen-bond acceptors (Lipinski definition) is 1. The number of piperidine rings is 2. The van der Waals surface area contributed by atoms with Crippen molar-refractivity contribution in [2.24, 2.45) is 0 Å². The molecule has 2 unspecified atom stereocenters. The Kier molecular flexibility index (Phi) is 5.57. The molecule has 3 N–H and O–H groups in total. The molecule has 0 radical (unpaired) electrons. The minimum absolute atomic E-state index is 0.478. The molecule has 0 saturated carbocycles. The molecule has 1 aromatic rings. The maximum Gasteiger partial charge on any atom is 0.171 e. The molecule has 2 saturated heterocycles. The molecular weight excluding hydrogens is 326 g/mol. The summed E-state index contributed by atoms with van der Waals surface area (Å²) >= 11 is 11.4. The summed E-state index contributed by atoms with van der Waals surface area (Å²) in [6.45, 7) is 5.02. The highest BCUT2D eigenvalue weighted by Crippen LogP contribution is 2.22. The van der Waals surface area contributed by atoms with Gasteiger partial charge < -0.3 is 15.5 Å². The van der Waals surface area contributed by atoms with Crippen molar-refractivity contribution in [1.82, 2.24) is 5.32 Å². The van der Waals surface area contributed by atoms with Gasteiger partial charge in [-0.1, -0.05) is 18.2 Å². The van der Waals surface area contributed by atoms with Crippen molar-refractivity contribution in [3.63, 3.8) is 0 Å². The van der Waals surface area contributed by atoms with Gasteiger partial charge in [-0.05, 0) is 61.8 Å². The second kappa shape index (κ2) is 7.65. The van der Waals surface area contributed by atoms with Gasteiger partial charge in [0.15, 0.2) is 5.11 Å². The standard InChI is InChI=1S/C18H24ClN3S/c1-2-10-22-16-4-3-5-17(22)12-15(11-16)21-18(23)20-14-8-6-13(19)7-9-14/h2,6-9,15-17H,1,3-5,10-12H2,(H2,20,21,23)/p+1/t15?,16-,17+. The first-order valence-electron chi connectivity index (χ1n) is 8.45. The molecule has 124 valence electrons. The maximum atomic E-state index is 5.91. The van der Waals surface area contributed by atoms with E-state index in [1.54, 1.807) is 4.90 Å². The first-order chi connectivity index (χ1) is 11.2. The second-order valence-corrected chi connectivity index (χ2v) is 7.51. The van der Waals surface area contributed by atoms with E-state index in [2.05, 4.69) is 23.3 Å². The lowest BCUT2D eigenvalue weighted by Crippen LogP contribution is -3.21. The Bertz CT molecular complexity index is 546. The molecule has 0 aliphatic carbocycles. The van der Waals surface area contributed by atoms with Crippen LogP contribution in [0.25, 0.3) is 0 Å². The third-order valence-electron chi connectivity index (χ3n) is 5.11. The lowest BCUT2D eigenvalue weighted by atomic mass is 9.82. The zero-order valence-electron chi connectivity index (χ0n) is 13.4. The number of halogens is 1. The van der Waals surface area contributed by atoms with Gasteiger partial charge in [-0.25, -0.2) is 0 Å². The van der Waals surface area contributed by atoms with E-state index < -0.39 is 0 Å². The fourth-order valence-corrected chi connectivity index (χ4v) is 4.55. The average molecular weight is 351 g/mol. The largest absolute Gasteiger partial charge is 0.359 e. The molecule has 0 aromatic heterocycles. The molecule has 2 bridgehead atoms. The Hall–Kier alpha value is -1.10. The third-order valence-corrected chi connectivity index (χ3v) is 5.58. The SMILES string of the molecule is C=CC[NH+]1[C@@H]2CCC[C@H]1CC(NC(=S)Nc1ccc(Cl)cc1)C2. The van der Waals surface area contributed by atoms with Gasteiger partial charge in [-0.2, -0.15) is 0 Å². The van der Waals surface area contributed by atoms with E-state index in [0.29, 0.717) is 11.2 Å². The fourth-order valence-electron chi connectivity index (χ4n) is 4.14. The molecule has 3 nitrogen and oxygen atoms in total. The normalized spacial score (nSPS) is 29.6. The number of benzene rings is 1. The molecule has 2 fully saturated rings. The average Bonchev–Trinajstić information content (AvgIpc) is 2.50. The van der Waals surface area contributed by atoms with Crippen LogP contribution >= 0.6 is 23.8 Å². The van der Waals surface area contributed by atoms with E-state index >= 15 is 0 Å². The summed E-state index contributed by atoms with van der Waals surface area (Å²) in [5, 5.41) is 8.23. The Labute approximate surface area is 149 Å². The Morgan fingerprint density at radius 3 is 2.52 bits per heavy atom. The number of hydrogen-bond donors (Lipinski definition) is 3. The summed E-state index contributed by atoms with van der Waals surface area (Å²) in [5.41, 5.74) is 0.974. The van der Waals surface area contributed by atoms with Gasteiger partial charge in [-0.3, -0.25) is 0 Å². The maximum absolute atomic E-state index is 5.91. The highest BCUT2D eigenvalue weighted by Gasteiger charge is 2.41. The molecule has 2 aliphatic rings. The topological polar surface area (TPSA) is 28.5 Å². The van der Waals surface area contributed by atoms with E-state index in [4.69, 9.17) is 23.8 Å². The predicted octanol–water partition coefficient (Wildman–Crippen LogP) is 2.78. The third kappa shape index (κ3) is 4.25. The minimum atomic E-state index is 0.478. The van der Waals surface area contributed by atoms with Crippen molar-refractivity contribution < 1.29 is 4.90 Å². The Balaban J connectivity index is 1.55. The monoisotopic (exact) mass is 350 g/mol. The zero-order valence-corrected chi connectivity index (χ0v) is 14.9. The van der Waals surface area contributed by atoms with Gasteiger partial charge in [0.25, 0.3) is 0 Å². The molecule has 2 heterocycles. The van der Waals surface area contributed by atoms with Gasteiger partial charge >= 0.3 is 0 Å². The highest BCUT2D eigenvalue weighted by atomic mass is 35.5. The van der Waals surface area contributed by atoms with Crippen molar-refractivity contribution in [2.45, 2.75) is 50.2 Å². The van der Waals surface area contributed by atoms with Gasteiger partial charge in [-0.15, -0.1) is 0 Å². The Morgan fingerprint density at radius 1 is 1.26 bits per heavy atom. The summed E-state index contributed by atoms with van der Waals surface area (Å²) in [5.74, 6) is 0. The molecule has 2 aliphatic heterocycles. The number of nitrogens with one attached hydrogen (secondary N) is 3. The van der Waals surface area contributed by atoms with Crippen LogP contribution in [0.3, 0.4) is 0 Å². The summed E-state index contributed by atoms with van der Waals surface area (Å²) in [6.07, 6.45) is 8.49. The van der Waals surface area contributed by atoms with Crippen LogP contribution in [0.4, 0.5) is 5.69 Å². The molecule has 4 atom stereocenters. The van der Waals surface area contributed by atoms with Crippen LogP contribution in [0.1, 0.15) is 32.1 Å². The van der Waals surface area contributed by atoms with Crippen LogP contribution in [0.15, 0.2) is 36.9 Å². The van der Waals surface area contributed by atoms with Crippen molar-refractivity contribution >= 4 is 34.6 Å². The molecule has 5 heteroatoms. The first kappa shape index (κ1) is 16.7. The lowest BCUT2D eigenvalue weighted by molar-refractivity contribution is -0.955.